The van der Waals surface area contributed by atoms with Gasteiger partial charge in [0.1, 0.15) is 17.2 Å². The lowest BCUT2D eigenvalue weighted by molar-refractivity contribution is 0.293. The highest BCUT2D eigenvalue weighted by Gasteiger charge is 2.37. The van der Waals surface area contributed by atoms with Crippen molar-refractivity contribution in [3.8, 4) is 17.2 Å². The summed E-state index contributed by atoms with van der Waals surface area (Å²) in [5.74, 6) is 1.84. The van der Waals surface area contributed by atoms with Gasteiger partial charge in [0.2, 0.25) is 0 Å². The van der Waals surface area contributed by atoms with Crippen LogP contribution in [-0.2, 0) is 23.8 Å². The van der Waals surface area contributed by atoms with Crippen LogP contribution < -0.4 is 13.6 Å². The Bertz CT molecular complexity index is 1210. The molecule has 0 spiro atoms. The molecule has 0 N–H and O–H groups in total. The summed E-state index contributed by atoms with van der Waals surface area (Å²) in [6.07, 6.45) is 8.73. The topological polar surface area (TPSA) is 44.8 Å². The van der Waals surface area contributed by atoms with Crippen LogP contribution in [0.3, 0.4) is 0 Å². The minimum atomic E-state index is -4.20. The van der Waals surface area contributed by atoms with Gasteiger partial charge in [-0.2, -0.15) is 4.57 Å². The second kappa shape index (κ2) is 15.0. The van der Waals surface area contributed by atoms with Crippen LogP contribution in [0.15, 0.2) is 36.4 Å². The van der Waals surface area contributed by atoms with Gasteiger partial charge in [-0.3, -0.25) is 0 Å². The maximum absolute atomic E-state index is 15.1. The van der Waals surface area contributed by atoms with Crippen LogP contribution in [0, 0.1) is 41.5 Å². The van der Waals surface area contributed by atoms with Gasteiger partial charge in [0.15, 0.2) is 0 Å². The zero-order valence-electron chi connectivity index (χ0n) is 26.9. The molecule has 0 unspecified atom stereocenters. The van der Waals surface area contributed by atoms with E-state index in [2.05, 4.69) is 77.9 Å². The van der Waals surface area contributed by atoms with Gasteiger partial charge < -0.3 is 13.6 Å². The molecule has 41 heavy (non-hydrogen) atoms. The monoisotopic (exact) mass is 578 g/mol. The minimum Gasteiger partial charge on any atom is -0.385 e. The summed E-state index contributed by atoms with van der Waals surface area (Å²) in [5, 5.41) is 0. The number of benzene rings is 3. The number of hydrogen-bond acceptors (Lipinski definition) is 4. The first-order chi connectivity index (χ1) is 19.5. The minimum absolute atomic E-state index is 0.614. The Hall–Kier alpha value is -2.71. The van der Waals surface area contributed by atoms with Crippen LogP contribution in [0.25, 0.3) is 0 Å². The van der Waals surface area contributed by atoms with Crippen LogP contribution in [0.1, 0.15) is 109 Å². The lowest BCUT2D eigenvalue weighted by atomic mass is 10.0. The molecule has 0 saturated carbocycles. The zero-order chi connectivity index (χ0) is 30.2. The molecule has 0 radical (unpaired) electrons. The van der Waals surface area contributed by atoms with Gasteiger partial charge in [0.25, 0.3) is 0 Å². The predicted octanol–water partition coefficient (Wildman–Crippen LogP) is 11.2. The molecule has 3 rings (SSSR count). The normalized spacial score (nSPS) is 11.5. The summed E-state index contributed by atoms with van der Waals surface area (Å²) in [6, 6.07) is 12.6. The van der Waals surface area contributed by atoms with E-state index in [0.717, 1.165) is 108 Å². The third kappa shape index (κ3) is 8.19. The first-order valence-corrected chi connectivity index (χ1v) is 17.0. The van der Waals surface area contributed by atoms with Crippen molar-refractivity contribution in [1.82, 2.24) is 0 Å². The first-order valence-electron chi connectivity index (χ1n) is 15.5. The second-order valence-electron chi connectivity index (χ2n) is 11.5. The molecule has 0 aromatic heterocycles. The number of phosphoric acid groups is 1. The van der Waals surface area contributed by atoms with Gasteiger partial charge in [-0.25, -0.2) is 0 Å². The Labute approximate surface area is 249 Å². The quantitative estimate of drug-likeness (QED) is 0.168. The molecule has 5 heteroatoms. The van der Waals surface area contributed by atoms with Crippen molar-refractivity contribution in [2.24, 2.45) is 0 Å². The lowest BCUT2D eigenvalue weighted by Gasteiger charge is -2.26. The molecule has 3 aromatic carbocycles. The number of aryl methyl sites for hydroxylation is 6. The lowest BCUT2D eigenvalue weighted by Crippen LogP contribution is -2.13. The van der Waals surface area contributed by atoms with E-state index in [-0.39, 0.29) is 0 Å². The Morgan fingerprint density at radius 2 is 0.756 bits per heavy atom. The molecular weight excluding hydrogens is 527 g/mol. The smallest absolute Gasteiger partial charge is 0.385 e. The Morgan fingerprint density at radius 3 is 1.00 bits per heavy atom. The highest BCUT2D eigenvalue weighted by atomic mass is 31.2. The molecule has 0 bridgehead atoms. The van der Waals surface area contributed by atoms with Gasteiger partial charge >= 0.3 is 7.82 Å². The van der Waals surface area contributed by atoms with E-state index >= 15 is 4.57 Å². The first kappa shape index (κ1) is 32.8. The van der Waals surface area contributed by atoms with Crippen LogP contribution >= 0.6 is 7.82 Å². The Morgan fingerprint density at radius 1 is 0.488 bits per heavy atom. The maximum atomic E-state index is 15.1. The zero-order valence-corrected chi connectivity index (χ0v) is 27.8. The molecule has 0 aliphatic rings. The van der Waals surface area contributed by atoms with Crippen molar-refractivity contribution in [3.05, 3.63) is 86.5 Å². The van der Waals surface area contributed by atoms with Gasteiger partial charge in [-0.1, -0.05) is 76.4 Å². The number of unbranched alkanes of at least 4 members (excludes halogenated alkanes) is 3. The van der Waals surface area contributed by atoms with Crippen molar-refractivity contribution in [3.63, 3.8) is 0 Å². The van der Waals surface area contributed by atoms with Crippen molar-refractivity contribution < 1.29 is 18.1 Å². The van der Waals surface area contributed by atoms with Crippen molar-refractivity contribution in [1.29, 1.82) is 0 Å². The second-order valence-corrected chi connectivity index (χ2v) is 13.0. The molecule has 0 aliphatic carbocycles. The largest absolute Gasteiger partial charge is 0.647 e. The van der Waals surface area contributed by atoms with E-state index in [1.54, 1.807) is 0 Å². The summed E-state index contributed by atoms with van der Waals surface area (Å²) in [4.78, 5) is 0. The number of rotatable bonds is 15. The standard InChI is InChI=1S/C36H51O4P/c1-10-13-16-31-22-19-25(4)28(7)34(31)38-41(37,39-35-29(8)26(5)20-23-32(35)17-14-11-2)40-36-30(9)27(6)21-24-33(36)18-15-12-3/h19-24H,10-18H2,1-9H3. The molecule has 0 aliphatic heterocycles. The summed E-state index contributed by atoms with van der Waals surface area (Å²) in [7, 11) is -4.20. The highest BCUT2D eigenvalue weighted by Crippen LogP contribution is 2.54. The van der Waals surface area contributed by atoms with Gasteiger partial charge in [-0.15, -0.1) is 0 Å². The van der Waals surface area contributed by atoms with Gasteiger partial charge in [0, 0.05) is 0 Å². The molecule has 4 nitrogen and oxygen atoms in total. The van der Waals surface area contributed by atoms with E-state index in [0.29, 0.717) is 17.2 Å². The number of phosphoric ester groups is 1. The number of hydrogen-bond donors (Lipinski definition) is 0. The highest BCUT2D eigenvalue weighted by molar-refractivity contribution is 7.49. The van der Waals surface area contributed by atoms with Crippen LogP contribution in [0.2, 0.25) is 0 Å². The third-order valence-corrected chi connectivity index (χ3v) is 9.50. The fourth-order valence-electron chi connectivity index (χ4n) is 5.00. The maximum Gasteiger partial charge on any atom is 0.647 e. The summed E-state index contributed by atoms with van der Waals surface area (Å²) in [6.45, 7) is 18.8. The summed E-state index contributed by atoms with van der Waals surface area (Å²) in [5.41, 5.74) is 9.22. The average molecular weight is 579 g/mol. The van der Waals surface area contributed by atoms with E-state index in [1.807, 2.05) is 20.8 Å². The SMILES string of the molecule is CCCCc1ccc(C)c(C)c1OP(=O)(Oc1c(CCCC)ccc(C)c1C)Oc1c(CCCC)ccc(C)c1C. The predicted molar refractivity (Wildman–Crippen MR) is 173 cm³/mol. The molecular formula is C36H51O4P. The van der Waals surface area contributed by atoms with Crippen LogP contribution in [-0.4, -0.2) is 0 Å². The van der Waals surface area contributed by atoms with Crippen LogP contribution in [0.5, 0.6) is 17.2 Å². The molecule has 0 fully saturated rings. The van der Waals surface area contributed by atoms with Crippen molar-refractivity contribution in [2.45, 2.75) is 120 Å². The summed E-state index contributed by atoms with van der Waals surface area (Å²) < 4.78 is 34.8. The van der Waals surface area contributed by atoms with Gasteiger partial charge in [0.05, 0.1) is 0 Å². The average Bonchev–Trinajstić information content (AvgIpc) is 2.95. The Kier molecular flexibility index (Phi) is 12.0. The molecule has 0 heterocycles. The van der Waals surface area contributed by atoms with E-state index in [9.17, 15) is 0 Å². The third-order valence-electron chi connectivity index (χ3n) is 8.28. The molecule has 3 aromatic rings. The van der Waals surface area contributed by atoms with Gasteiger partial charge in [-0.05, 0) is 130 Å². The summed E-state index contributed by atoms with van der Waals surface area (Å²) >= 11 is 0. The molecule has 0 amide bonds. The Balaban J connectivity index is 2.22. The molecule has 0 atom stereocenters. The molecule has 0 saturated heterocycles. The van der Waals surface area contributed by atoms with Crippen LogP contribution in [0.4, 0.5) is 0 Å². The fourth-order valence-corrected chi connectivity index (χ4v) is 6.55. The van der Waals surface area contributed by atoms with Crippen molar-refractivity contribution >= 4 is 7.82 Å². The van der Waals surface area contributed by atoms with E-state index in [1.165, 1.54) is 0 Å². The fraction of sp³-hybridized carbons (Fsp3) is 0.500. The molecule has 224 valence electrons. The van der Waals surface area contributed by atoms with Crippen molar-refractivity contribution in [2.75, 3.05) is 0 Å². The van der Waals surface area contributed by atoms with E-state index in [4.69, 9.17) is 13.6 Å². The van der Waals surface area contributed by atoms with E-state index < -0.39 is 7.82 Å².